The van der Waals surface area contributed by atoms with Gasteiger partial charge in [0.25, 0.3) is 0 Å². The fourth-order valence-corrected chi connectivity index (χ4v) is 1.34. The van der Waals surface area contributed by atoms with Gasteiger partial charge in [0, 0.05) is 39.0 Å². The Morgan fingerprint density at radius 2 is 0.935 bits per heavy atom. The molecule has 0 radical (unpaired) electrons. The third-order valence-corrected chi connectivity index (χ3v) is 3.58. The molecule has 8 nitrogen and oxygen atoms in total. The fraction of sp³-hybridized carbons (Fsp3) is 0.727. The van der Waals surface area contributed by atoms with Gasteiger partial charge in [-0.15, -0.1) is 0 Å². The molecule has 0 spiro atoms. The summed E-state index contributed by atoms with van der Waals surface area (Å²) in [5, 5.41) is 0. The molecule has 31 heavy (non-hydrogen) atoms. The number of rotatable bonds is 7. The van der Waals surface area contributed by atoms with Crippen LogP contribution >= 0.6 is 0 Å². The Labute approximate surface area is 201 Å². The molecule has 0 atom stereocenters. The van der Waals surface area contributed by atoms with E-state index in [-0.39, 0.29) is 64.1 Å². The number of esters is 2. The third-order valence-electron chi connectivity index (χ3n) is 3.58. The van der Waals surface area contributed by atoms with Crippen LogP contribution in [0.4, 0.5) is 0 Å². The summed E-state index contributed by atoms with van der Waals surface area (Å²) in [4.78, 5) is 64.1. The SMILES string of the molecule is CCC(=O)CC(C)=O.COC(=O)CC(=O)C(C)(C)C.COC(=O)CC(=O)C(C)(C)C.[Ti]. The maximum Gasteiger partial charge on any atom is 0.313 e. The van der Waals surface area contributed by atoms with Crippen molar-refractivity contribution >= 4 is 35.1 Å². The maximum absolute atomic E-state index is 11.1. The molecular weight excluding hydrogens is 440 g/mol. The van der Waals surface area contributed by atoms with Crippen molar-refractivity contribution in [1.82, 2.24) is 0 Å². The van der Waals surface area contributed by atoms with Crippen LogP contribution in [0.15, 0.2) is 0 Å². The third kappa shape index (κ3) is 24.5. The van der Waals surface area contributed by atoms with Crippen molar-refractivity contribution in [3.8, 4) is 0 Å². The van der Waals surface area contributed by atoms with Crippen LogP contribution in [0.3, 0.4) is 0 Å². The number of carbonyl (C=O) groups excluding carboxylic acids is 6. The molecule has 0 bridgehead atoms. The van der Waals surface area contributed by atoms with E-state index < -0.39 is 22.8 Å². The standard InChI is InChI=1S/2C8H14O3.C6H10O2.Ti/c2*1-8(2,3)6(9)5-7(10)11-4;1-3-6(8)4-5(2)7;/h2*5H2,1-4H3;3-4H2,1-2H3;. The van der Waals surface area contributed by atoms with Crippen molar-refractivity contribution < 1.29 is 60.0 Å². The van der Waals surface area contributed by atoms with Gasteiger partial charge in [0.2, 0.25) is 0 Å². The number of hydrogen-bond donors (Lipinski definition) is 0. The first-order valence-electron chi connectivity index (χ1n) is 9.63. The van der Waals surface area contributed by atoms with E-state index in [1.165, 1.54) is 21.1 Å². The van der Waals surface area contributed by atoms with Gasteiger partial charge in [0.1, 0.15) is 36.0 Å². The predicted octanol–water partition coefficient (Wildman–Crippen LogP) is 3.27. The molecule has 0 N–H and O–H groups in total. The molecule has 0 rings (SSSR count). The van der Waals surface area contributed by atoms with E-state index in [0.717, 1.165) is 0 Å². The van der Waals surface area contributed by atoms with E-state index >= 15 is 0 Å². The molecule has 0 aliphatic rings. The van der Waals surface area contributed by atoms with Crippen molar-refractivity contribution in [1.29, 1.82) is 0 Å². The fourth-order valence-electron chi connectivity index (χ4n) is 1.34. The Bertz CT molecular complexity index is 570. The van der Waals surface area contributed by atoms with Gasteiger partial charge in [-0.1, -0.05) is 48.5 Å². The van der Waals surface area contributed by atoms with E-state index in [1.54, 1.807) is 48.5 Å². The topological polar surface area (TPSA) is 121 Å². The van der Waals surface area contributed by atoms with Gasteiger partial charge in [0.05, 0.1) is 20.6 Å². The Morgan fingerprint density at radius 3 is 1.06 bits per heavy atom. The van der Waals surface area contributed by atoms with Gasteiger partial charge >= 0.3 is 11.9 Å². The molecule has 0 unspecified atom stereocenters. The van der Waals surface area contributed by atoms with E-state index in [2.05, 4.69) is 9.47 Å². The second kappa shape index (κ2) is 18.0. The van der Waals surface area contributed by atoms with Crippen LogP contribution in [-0.2, 0) is 60.0 Å². The van der Waals surface area contributed by atoms with Gasteiger partial charge in [-0.05, 0) is 6.92 Å². The first kappa shape index (κ1) is 36.7. The molecule has 0 aromatic rings. The van der Waals surface area contributed by atoms with Crippen LogP contribution in [-0.4, -0.2) is 49.3 Å². The summed E-state index contributed by atoms with van der Waals surface area (Å²) in [7, 11) is 2.55. The Balaban J connectivity index is -0.000000176. The van der Waals surface area contributed by atoms with Crippen molar-refractivity contribution in [2.24, 2.45) is 10.8 Å². The first-order valence-corrected chi connectivity index (χ1v) is 9.63. The Hall–Kier alpha value is -1.67. The molecule has 0 fully saturated rings. The summed E-state index contributed by atoms with van der Waals surface area (Å²) >= 11 is 0. The van der Waals surface area contributed by atoms with E-state index in [1.807, 2.05) is 0 Å². The smallest absolute Gasteiger partial charge is 0.313 e. The van der Waals surface area contributed by atoms with Crippen LogP contribution in [0, 0.1) is 10.8 Å². The van der Waals surface area contributed by atoms with Crippen LogP contribution in [0.2, 0.25) is 0 Å². The molecule has 0 amide bonds. The van der Waals surface area contributed by atoms with Crippen LogP contribution in [0.1, 0.15) is 81.1 Å². The molecular formula is C22H38O8Ti. The number of hydrogen-bond acceptors (Lipinski definition) is 8. The minimum atomic E-state index is -0.468. The average Bonchev–Trinajstić information content (AvgIpc) is 2.60. The minimum Gasteiger partial charge on any atom is -0.469 e. The molecule has 0 aliphatic carbocycles. The van der Waals surface area contributed by atoms with Crippen LogP contribution in [0.5, 0.6) is 0 Å². The number of carbonyl (C=O) groups is 6. The summed E-state index contributed by atoms with van der Waals surface area (Å²) in [5.41, 5.74) is -0.900. The van der Waals surface area contributed by atoms with E-state index in [9.17, 15) is 28.8 Å². The molecule has 0 saturated heterocycles. The number of ether oxygens (including phenoxy) is 2. The largest absolute Gasteiger partial charge is 0.469 e. The second-order valence-corrected chi connectivity index (χ2v) is 8.62. The quantitative estimate of drug-likeness (QED) is 0.311. The van der Waals surface area contributed by atoms with Gasteiger partial charge in [-0.25, -0.2) is 0 Å². The summed E-state index contributed by atoms with van der Waals surface area (Å²) in [6.07, 6.45) is 0.329. The Morgan fingerprint density at radius 1 is 0.645 bits per heavy atom. The minimum absolute atomic E-state index is 0. The predicted molar refractivity (Wildman–Crippen MR) is 113 cm³/mol. The summed E-state index contributed by atoms with van der Waals surface area (Å²) in [5.74, 6) is -1.14. The molecule has 0 saturated carbocycles. The van der Waals surface area contributed by atoms with Gasteiger partial charge in [-0.3, -0.25) is 28.8 Å². The monoisotopic (exact) mass is 478 g/mol. The zero-order chi connectivity index (χ0) is 24.7. The van der Waals surface area contributed by atoms with Gasteiger partial charge in [-0.2, -0.15) is 0 Å². The van der Waals surface area contributed by atoms with Crippen molar-refractivity contribution in [2.45, 2.75) is 81.1 Å². The summed E-state index contributed by atoms with van der Waals surface area (Å²) in [6, 6.07) is 0. The van der Waals surface area contributed by atoms with Gasteiger partial charge in [0.15, 0.2) is 0 Å². The number of methoxy groups -OCH3 is 2. The Kier molecular flexibility index (Phi) is 21.3. The van der Waals surface area contributed by atoms with Crippen molar-refractivity contribution in [3.05, 3.63) is 0 Å². The molecule has 0 aliphatic heterocycles. The second-order valence-electron chi connectivity index (χ2n) is 8.62. The zero-order valence-electron chi connectivity index (χ0n) is 20.6. The normalized spacial score (nSPS) is 10.0. The summed E-state index contributed by atoms with van der Waals surface area (Å²) < 4.78 is 8.71. The van der Waals surface area contributed by atoms with Gasteiger partial charge < -0.3 is 9.47 Å². The molecule has 0 aromatic heterocycles. The zero-order valence-corrected chi connectivity index (χ0v) is 22.2. The van der Waals surface area contributed by atoms with Crippen molar-refractivity contribution in [3.63, 3.8) is 0 Å². The summed E-state index contributed by atoms with van der Waals surface area (Å²) in [6.45, 7) is 13.8. The number of Topliss-reactive ketones (excluding diaryl/α,β-unsaturated/α-hetero) is 4. The molecule has 178 valence electrons. The van der Waals surface area contributed by atoms with Crippen LogP contribution in [0.25, 0.3) is 0 Å². The van der Waals surface area contributed by atoms with E-state index in [4.69, 9.17) is 0 Å². The average molecular weight is 478 g/mol. The van der Waals surface area contributed by atoms with Crippen LogP contribution < -0.4 is 0 Å². The number of ketones is 4. The molecule has 9 heteroatoms. The molecule has 0 aromatic carbocycles. The maximum atomic E-state index is 11.1. The molecule has 0 heterocycles. The van der Waals surface area contributed by atoms with E-state index in [0.29, 0.717) is 6.42 Å². The van der Waals surface area contributed by atoms with Crippen molar-refractivity contribution in [2.75, 3.05) is 14.2 Å². The first-order chi connectivity index (χ1) is 13.4.